The number of halogens is 1. The van der Waals surface area contributed by atoms with Crippen LogP contribution in [-0.2, 0) is 11.2 Å². The van der Waals surface area contributed by atoms with Crippen LogP contribution in [0.3, 0.4) is 0 Å². The molecular weight excluding hydrogens is 244 g/mol. The quantitative estimate of drug-likeness (QED) is 0.849. The van der Waals surface area contributed by atoms with Crippen molar-refractivity contribution in [3.05, 3.63) is 40.4 Å². The number of nitrogens with zero attached hydrogens (tertiary/aromatic N) is 1. The number of thiazole rings is 1. The van der Waals surface area contributed by atoms with Gasteiger partial charge >= 0.3 is 0 Å². The van der Waals surface area contributed by atoms with E-state index in [0.29, 0.717) is 11.4 Å². The molecule has 0 fully saturated rings. The van der Waals surface area contributed by atoms with Crippen molar-refractivity contribution < 1.29 is 4.79 Å². The summed E-state index contributed by atoms with van der Waals surface area (Å²) in [5.74, 6) is 0. The number of rotatable bonds is 4. The van der Waals surface area contributed by atoms with E-state index in [-0.39, 0.29) is 0 Å². The standard InChI is InChI=1S/C11H9ClN2OS/c12-8-1-3-9(4-2-8)13-11-14-10(5-6-15)7-16-11/h1-4,6-7H,5H2,(H,13,14). The molecule has 0 bridgehead atoms. The van der Waals surface area contributed by atoms with Gasteiger partial charge in [-0.05, 0) is 24.3 Å². The second-order valence-electron chi connectivity index (χ2n) is 3.15. The van der Waals surface area contributed by atoms with Crippen LogP contribution in [0.1, 0.15) is 5.69 Å². The maximum absolute atomic E-state index is 10.3. The molecule has 5 heteroatoms. The van der Waals surface area contributed by atoms with Crippen molar-refractivity contribution in [1.82, 2.24) is 4.98 Å². The Kier molecular flexibility index (Phi) is 3.54. The minimum Gasteiger partial charge on any atom is -0.332 e. The topological polar surface area (TPSA) is 42.0 Å². The molecule has 0 unspecified atom stereocenters. The number of benzene rings is 1. The van der Waals surface area contributed by atoms with Crippen LogP contribution in [0.5, 0.6) is 0 Å². The summed E-state index contributed by atoms with van der Waals surface area (Å²) in [4.78, 5) is 14.6. The summed E-state index contributed by atoms with van der Waals surface area (Å²) < 4.78 is 0. The van der Waals surface area contributed by atoms with Gasteiger partial charge in [0.05, 0.1) is 5.69 Å². The highest BCUT2D eigenvalue weighted by molar-refractivity contribution is 7.13. The first-order valence-corrected chi connectivity index (χ1v) is 5.94. The summed E-state index contributed by atoms with van der Waals surface area (Å²) in [6.07, 6.45) is 1.21. The van der Waals surface area contributed by atoms with E-state index in [1.54, 1.807) is 0 Å². The normalized spacial score (nSPS) is 10.1. The van der Waals surface area contributed by atoms with Gasteiger partial charge in [-0.3, -0.25) is 0 Å². The van der Waals surface area contributed by atoms with Gasteiger partial charge in [0.25, 0.3) is 0 Å². The van der Waals surface area contributed by atoms with Crippen LogP contribution in [-0.4, -0.2) is 11.3 Å². The van der Waals surface area contributed by atoms with Crippen molar-refractivity contribution in [3.8, 4) is 0 Å². The lowest BCUT2D eigenvalue weighted by molar-refractivity contribution is -0.107. The van der Waals surface area contributed by atoms with Gasteiger partial charge in [-0.2, -0.15) is 0 Å². The number of anilines is 2. The van der Waals surface area contributed by atoms with Crippen LogP contribution in [0.15, 0.2) is 29.6 Å². The molecule has 1 aromatic carbocycles. The van der Waals surface area contributed by atoms with Gasteiger partial charge in [-0.15, -0.1) is 11.3 Å². The highest BCUT2D eigenvalue weighted by Crippen LogP contribution is 2.22. The maximum atomic E-state index is 10.3. The van der Waals surface area contributed by atoms with Crippen LogP contribution in [0.25, 0.3) is 0 Å². The number of hydrogen-bond donors (Lipinski definition) is 1. The second kappa shape index (κ2) is 5.09. The Morgan fingerprint density at radius 3 is 2.81 bits per heavy atom. The average molecular weight is 253 g/mol. The zero-order valence-electron chi connectivity index (χ0n) is 8.31. The molecule has 1 heterocycles. The first-order chi connectivity index (χ1) is 7.78. The molecule has 0 saturated carbocycles. The van der Waals surface area contributed by atoms with Crippen molar-refractivity contribution in [1.29, 1.82) is 0 Å². The number of nitrogens with one attached hydrogen (secondary N) is 1. The Bertz CT molecular complexity index is 481. The first-order valence-electron chi connectivity index (χ1n) is 4.68. The van der Waals surface area contributed by atoms with Crippen molar-refractivity contribution in [2.45, 2.75) is 6.42 Å². The van der Waals surface area contributed by atoms with Gasteiger partial charge in [-0.1, -0.05) is 11.6 Å². The minimum atomic E-state index is 0.360. The van der Waals surface area contributed by atoms with E-state index in [0.717, 1.165) is 22.8 Å². The van der Waals surface area contributed by atoms with Crippen molar-refractivity contribution in [3.63, 3.8) is 0 Å². The smallest absolute Gasteiger partial charge is 0.187 e. The van der Waals surface area contributed by atoms with E-state index < -0.39 is 0 Å². The molecular formula is C11H9ClN2OS. The average Bonchev–Trinajstić information content (AvgIpc) is 2.70. The van der Waals surface area contributed by atoms with Crippen molar-refractivity contribution >= 4 is 40.0 Å². The molecule has 0 amide bonds. The largest absolute Gasteiger partial charge is 0.332 e. The molecule has 2 aromatic rings. The third-order valence-electron chi connectivity index (χ3n) is 1.94. The Morgan fingerprint density at radius 1 is 1.38 bits per heavy atom. The molecule has 1 N–H and O–H groups in total. The van der Waals surface area contributed by atoms with E-state index in [4.69, 9.17) is 11.6 Å². The summed E-state index contributed by atoms with van der Waals surface area (Å²) in [6, 6.07) is 7.37. The van der Waals surface area contributed by atoms with Crippen molar-refractivity contribution in [2.24, 2.45) is 0 Å². The van der Waals surface area contributed by atoms with E-state index in [1.807, 2.05) is 29.6 Å². The third kappa shape index (κ3) is 2.81. The highest BCUT2D eigenvalue weighted by Gasteiger charge is 2.01. The molecule has 0 radical (unpaired) electrons. The van der Waals surface area contributed by atoms with Crippen LogP contribution in [0.4, 0.5) is 10.8 Å². The molecule has 0 saturated heterocycles. The Hall–Kier alpha value is -1.39. The van der Waals surface area contributed by atoms with E-state index in [9.17, 15) is 4.79 Å². The molecule has 82 valence electrons. The Morgan fingerprint density at radius 2 is 2.12 bits per heavy atom. The van der Waals surface area contributed by atoms with Crippen molar-refractivity contribution in [2.75, 3.05) is 5.32 Å². The minimum absolute atomic E-state index is 0.360. The van der Waals surface area contributed by atoms with Crippen LogP contribution in [0, 0.1) is 0 Å². The lowest BCUT2D eigenvalue weighted by Crippen LogP contribution is -1.90. The number of hydrogen-bond acceptors (Lipinski definition) is 4. The fourth-order valence-electron chi connectivity index (χ4n) is 1.20. The fourth-order valence-corrected chi connectivity index (χ4v) is 2.07. The second-order valence-corrected chi connectivity index (χ2v) is 4.44. The van der Waals surface area contributed by atoms with Crippen LogP contribution < -0.4 is 5.32 Å². The van der Waals surface area contributed by atoms with E-state index in [1.165, 1.54) is 11.3 Å². The highest BCUT2D eigenvalue weighted by atomic mass is 35.5. The van der Waals surface area contributed by atoms with Gasteiger partial charge in [-0.25, -0.2) is 4.98 Å². The summed E-state index contributed by atoms with van der Waals surface area (Å²) in [6.45, 7) is 0. The molecule has 0 aliphatic carbocycles. The van der Waals surface area contributed by atoms with Crippen LogP contribution in [0.2, 0.25) is 5.02 Å². The maximum Gasteiger partial charge on any atom is 0.187 e. The summed E-state index contributed by atoms with van der Waals surface area (Å²) in [7, 11) is 0. The Labute approximate surface area is 102 Å². The summed E-state index contributed by atoms with van der Waals surface area (Å²) in [5.41, 5.74) is 1.72. The number of carbonyl (C=O) groups is 1. The van der Waals surface area contributed by atoms with E-state index in [2.05, 4.69) is 10.3 Å². The first kappa shape index (κ1) is 11.1. The van der Waals surface area contributed by atoms with Gasteiger partial charge in [0.1, 0.15) is 6.29 Å². The monoisotopic (exact) mass is 252 g/mol. The predicted molar refractivity (Wildman–Crippen MR) is 66.6 cm³/mol. The lowest BCUT2D eigenvalue weighted by atomic mass is 10.3. The zero-order chi connectivity index (χ0) is 11.4. The molecule has 0 atom stereocenters. The molecule has 2 rings (SSSR count). The zero-order valence-corrected chi connectivity index (χ0v) is 9.89. The lowest BCUT2D eigenvalue weighted by Gasteiger charge is -2.01. The van der Waals surface area contributed by atoms with Gasteiger partial charge in [0.15, 0.2) is 5.13 Å². The number of carbonyl (C=O) groups excluding carboxylic acids is 1. The van der Waals surface area contributed by atoms with Gasteiger partial charge < -0.3 is 10.1 Å². The molecule has 1 aromatic heterocycles. The number of aromatic nitrogens is 1. The SMILES string of the molecule is O=CCc1csc(Nc2ccc(Cl)cc2)n1. The fraction of sp³-hybridized carbons (Fsp3) is 0.0909. The third-order valence-corrected chi connectivity index (χ3v) is 3.00. The molecule has 0 spiro atoms. The molecule has 0 aliphatic rings. The molecule has 3 nitrogen and oxygen atoms in total. The summed E-state index contributed by atoms with van der Waals surface area (Å²) >= 11 is 7.25. The molecule has 0 aliphatic heterocycles. The summed E-state index contributed by atoms with van der Waals surface area (Å²) in [5, 5.41) is 6.49. The van der Waals surface area contributed by atoms with Gasteiger partial charge in [0, 0.05) is 22.5 Å². The van der Waals surface area contributed by atoms with E-state index >= 15 is 0 Å². The Balaban J connectivity index is 2.08. The van der Waals surface area contributed by atoms with Crippen LogP contribution >= 0.6 is 22.9 Å². The number of aldehydes is 1. The van der Waals surface area contributed by atoms with Gasteiger partial charge in [0.2, 0.25) is 0 Å². The molecule has 16 heavy (non-hydrogen) atoms. The predicted octanol–water partition coefficient (Wildman–Crippen LogP) is 3.28.